The number of amides is 3. The third-order valence-corrected chi connectivity index (χ3v) is 3.14. The van der Waals surface area contributed by atoms with Crippen molar-refractivity contribution >= 4 is 17.6 Å². The number of aryl methyl sites for hydroxylation is 2. The third-order valence-electron chi connectivity index (χ3n) is 3.14. The topological polar surface area (TPSA) is 58.2 Å². The maximum atomic E-state index is 13.4. The number of rotatable bonds is 2. The second-order valence-corrected chi connectivity index (χ2v) is 4.77. The van der Waals surface area contributed by atoms with Crippen LogP contribution >= 0.6 is 0 Å². The van der Waals surface area contributed by atoms with Gasteiger partial charge >= 0.3 is 6.03 Å². The number of urea groups is 1. The van der Waals surface area contributed by atoms with Crippen LogP contribution in [0.2, 0.25) is 0 Å². The van der Waals surface area contributed by atoms with Crippen LogP contribution in [0, 0.1) is 25.5 Å². The average Bonchev–Trinajstić information content (AvgIpc) is 2.43. The van der Waals surface area contributed by atoms with Crippen LogP contribution in [0.4, 0.5) is 19.3 Å². The third kappa shape index (κ3) is 3.28. The molecule has 0 saturated carbocycles. The Hall–Kier alpha value is -2.76. The maximum Gasteiger partial charge on any atom is 0.326 e. The largest absolute Gasteiger partial charge is 0.326 e. The van der Waals surface area contributed by atoms with E-state index in [2.05, 4.69) is 5.32 Å². The van der Waals surface area contributed by atoms with E-state index in [0.717, 1.165) is 12.1 Å². The van der Waals surface area contributed by atoms with Gasteiger partial charge in [-0.3, -0.25) is 10.1 Å². The van der Waals surface area contributed by atoms with Gasteiger partial charge in [0.25, 0.3) is 5.91 Å². The number of anilines is 1. The van der Waals surface area contributed by atoms with E-state index in [-0.39, 0.29) is 0 Å². The summed E-state index contributed by atoms with van der Waals surface area (Å²) in [5.41, 5.74) is 1.14. The Morgan fingerprint density at radius 2 is 1.41 bits per heavy atom. The Morgan fingerprint density at radius 1 is 0.909 bits per heavy atom. The van der Waals surface area contributed by atoms with Crippen molar-refractivity contribution in [3.05, 3.63) is 64.7 Å². The molecule has 0 aromatic heterocycles. The van der Waals surface area contributed by atoms with Crippen LogP contribution < -0.4 is 10.6 Å². The van der Waals surface area contributed by atoms with Crippen LogP contribution in [-0.2, 0) is 0 Å². The molecule has 0 saturated heterocycles. The normalized spacial score (nSPS) is 10.2. The number of nitrogens with one attached hydrogen (secondary N) is 2. The number of carbonyl (C=O) groups excluding carboxylic acids is 2. The van der Waals surface area contributed by atoms with E-state index in [0.29, 0.717) is 16.7 Å². The van der Waals surface area contributed by atoms with E-state index in [1.54, 1.807) is 32.0 Å². The van der Waals surface area contributed by atoms with Gasteiger partial charge in [-0.1, -0.05) is 24.3 Å². The molecule has 4 nitrogen and oxygen atoms in total. The zero-order chi connectivity index (χ0) is 16.3. The highest BCUT2D eigenvalue weighted by Crippen LogP contribution is 2.18. The summed E-state index contributed by atoms with van der Waals surface area (Å²) < 4.78 is 26.9. The predicted molar refractivity (Wildman–Crippen MR) is 78.8 cm³/mol. The molecule has 3 amide bonds. The number of imide groups is 1. The van der Waals surface area contributed by atoms with Gasteiger partial charge in [0.15, 0.2) is 0 Å². The van der Waals surface area contributed by atoms with Crippen LogP contribution in [-0.4, -0.2) is 11.9 Å². The van der Waals surface area contributed by atoms with Crippen molar-refractivity contribution in [2.45, 2.75) is 13.8 Å². The summed E-state index contributed by atoms with van der Waals surface area (Å²) in [4.78, 5) is 23.8. The highest BCUT2D eigenvalue weighted by molar-refractivity contribution is 6.09. The first-order valence-electron chi connectivity index (χ1n) is 6.52. The molecule has 2 rings (SSSR count). The van der Waals surface area contributed by atoms with Crippen molar-refractivity contribution < 1.29 is 18.4 Å². The number of benzene rings is 2. The Labute approximate surface area is 126 Å². The van der Waals surface area contributed by atoms with E-state index in [4.69, 9.17) is 0 Å². The van der Waals surface area contributed by atoms with Crippen LogP contribution in [0.3, 0.4) is 0 Å². The van der Waals surface area contributed by atoms with E-state index in [1.165, 1.54) is 6.07 Å². The van der Waals surface area contributed by atoms with Gasteiger partial charge in [0.2, 0.25) is 0 Å². The van der Waals surface area contributed by atoms with Gasteiger partial charge in [0.05, 0.1) is 0 Å². The minimum absolute atomic E-state index is 0.353. The summed E-state index contributed by atoms with van der Waals surface area (Å²) in [5.74, 6) is -2.48. The standard InChI is InChI=1S/C16H14F2N2O2/c1-9-5-3-6-10(2)13(9)15(21)20-16(22)19-14-11(17)7-4-8-12(14)18/h3-8H,1-2H3,(H2,19,20,21,22). The molecule has 0 aliphatic carbocycles. The molecular formula is C16H14F2N2O2. The van der Waals surface area contributed by atoms with Gasteiger partial charge in [0, 0.05) is 5.56 Å². The van der Waals surface area contributed by atoms with E-state index in [9.17, 15) is 18.4 Å². The van der Waals surface area contributed by atoms with Gasteiger partial charge in [0.1, 0.15) is 17.3 Å². The Balaban J connectivity index is 2.14. The molecule has 0 bridgehead atoms. The molecule has 0 spiro atoms. The predicted octanol–water partition coefficient (Wildman–Crippen LogP) is 3.54. The molecule has 0 fully saturated rings. The van der Waals surface area contributed by atoms with Crippen molar-refractivity contribution in [3.8, 4) is 0 Å². The summed E-state index contributed by atoms with van der Waals surface area (Å²) in [6.07, 6.45) is 0. The quantitative estimate of drug-likeness (QED) is 0.891. The SMILES string of the molecule is Cc1cccc(C)c1C(=O)NC(=O)Nc1c(F)cccc1F. The molecule has 22 heavy (non-hydrogen) atoms. The molecule has 2 aromatic carbocycles. The number of hydrogen-bond donors (Lipinski definition) is 2. The molecule has 114 valence electrons. The van der Waals surface area contributed by atoms with Crippen molar-refractivity contribution in [1.29, 1.82) is 0 Å². The molecule has 0 heterocycles. The van der Waals surface area contributed by atoms with Crippen molar-refractivity contribution in [2.24, 2.45) is 0 Å². The van der Waals surface area contributed by atoms with Gasteiger partial charge in [-0.2, -0.15) is 0 Å². The fourth-order valence-corrected chi connectivity index (χ4v) is 2.10. The van der Waals surface area contributed by atoms with Gasteiger partial charge < -0.3 is 5.32 Å². The van der Waals surface area contributed by atoms with Crippen LogP contribution in [0.5, 0.6) is 0 Å². The van der Waals surface area contributed by atoms with Gasteiger partial charge in [-0.25, -0.2) is 13.6 Å². The smallest absolute Gasteiger partial charge is 0.302 e. The molecule has 2 aromatic rings. The monoisotopic (exact) mass is 304 g/mol. The first kappa shape index (κ1) is 15.6. The van der Waals surface area contributed by atoms with Crippen LogP contribution in [0.15, 0.2) is 36.4 Å². The van der Waals surface area contributed by atoms with Crippen molar-refractivity contribution in [3.63, 3.8) is 0 Å². The van der Waals surface area contributed by atoms with Crippen molar-refractivity contribution in [1.82, 2.24) is 5.32 Å². The molecule has 2 N–H and O–H groups in total. The molecule has 0 unspecified atom stereocenters. The van der Waals surface area contributed by atoms with Crippen molar-refractivity contribution in [2.75, 3.05) is 5.32 Å². The lowest BCUT2D eigenvalue weighted by Crippen LogP contribution is -2.35. The summed E-state index contributed by atoms with van der Waals surface area (Å²) in [5, 5.41) is 4.06. The first-order valence-corrected chi connectivity index (χ1v) is 6.52. The molecule has 0 aliphatic heterocycles. The number of para-hydroxylation sites is 1. The van der Waals surface area contributed by atoms with E-state index < -0.39 is 29.3 Å². The van der Waals surface area contributed by atoms with E-state index in [1.807, 2.05) is 5.32 Å². The Bertz CT molecular complexity index is 704. The highest BCUT2D eigenvalue weighted by atomic mass is 19.1. The summed E-state index contributed by atoms with van der Waals surface area (Å²) in [6, 6.07) is 7.44. The average molecular weight is 304 g/mol. The minimum Gasteiger partial charge on any atom is -0.302 e. The second kappa shape index (κ2) is 6.34. The summed E-state index contributed by atoms with van der Waals surface area (Å²) in [6.45, 7) is 3.46. The summed E-state index contributed by atoms with van der Waals surface area (Å²) >= 11 is 0. The fourth-order valence-electron chi connectivity index (χ4n) is 2.10. The lowest BCUT2D eigenvalue weighted by molar-refractivity contribution is 0.0966. The molecular weight excluding hydrogens is 290 g/mol. The second-order valence-electron chi connectivity index (χ2n) is 4.77. The molecule has 0 atom stereocenters. The number of hydrogen-bond acceptors (Lipinski definition) is 2. The maximum absolute atomic E-state index is 13.4. The molecule has 0 radical (unpaired) electrons. The van der Waals surface area contributed by atoms with Crippen LogP contribution in [0.1, 0.15) is 21.5 Å². The molecule has 0 aliphatic rings. The van der Waals surface area contributed by atoms with Crippen LogP contribution in [0.25, 0.3) is 0 Å². The van der Waals surface area contributed by atoms with E-state index >= 15 is 0 Å². The summed E-state index contributed by atoms with van der Waals surface area (Å²) in [7, 11) is 0. The molecule has 6 heteroatoms. The fraction of sp³-hybridized carbons (Fsp3) is 0.125. The zero-order valence-corrected chi connectivity index (χ0v) is 12.0. The van der Waals surface area contributed by atoms with Gasteiger partial charge in [-0.15, -0.1) is 0 Å². The highest BCUT2D eigenvalue weighted by Gasteiger charge is 2.17. The lowest BCUT2D eigenvalue weighted by Gasteiger charge is -2.11. The van der Waals surface area contributed by atoms with Gasteiger partial charge in [-0.05, 0) is 37.1 Å². The lowest BCUT2D eigenvalue weighted by atomic mass is 10.0. The number of carbonyl (C=O) groups is 2. The minimum atomic E-state index is -1.00. The Morgan fingerprint density at radius 3 is 1.95 bits per heavy atom. The number of halogens is 2. The first-order chi connectivity index (χ1) is 10.4. The zero-order valence-electron chi connectivity index (χ0n) is 12.0. The Kier molecular flexibility index (Phi) is 4.50.